The van der Waals surface area contributed by atoms with Crippen molar-refractivity contribution in [3.63, 3.8) is 0 Å². The van der Waals surface area contributed by atoms with Crippen molar-refractivity contribution in [3.05, 3.63) is 71.8 Å². The summed E-state index contributed by atoms with van der Waals surface area (Å²) in [5, 5.41) is 0. The minimum absolute atomic E-state index is 0.0332. The molecule has 4 atom stereocenters. The van der Waals surface area contributed by atoms with Gasteiger partial charge in [0.1, 0.15) is 11.2 Å². The second-order valence-electron chi connectivity index (χ2n) is 8.21. The Morgan fingerprint density at radius 3 is 2.09 bits per heavy atom. The van der Waals surface area contributed by atoms with Crippen molar-refractivity contribution < 1.29 is 4.74 Å². The lowest BCUT2D eigenvalue weighted by Gasteiger charge is -2.44. The Labute approximate surface area is 138 Å². The molecule has 5 rings (SSSR count). The Balaban J connectivity index is 1.64. The van der Waals surface area contributed by atoms with Gasteiger partial charge in [-0.25, -0.2) is 0 Å². The predicted molar refractivity (Wildman–Crippen MR) is 92.1 cm³/mol. The molecule has 1 heterocycles. The monoisotopic (exact) mass is 304 g/mol. The summed E-state index contributed by atoms with van der Waals surface area (Å²) in [6.07, 6.45) is 3.72. The van der Waals surface area contributed by atoms with Crippen LogP contribution in [0, 0.1) is 17.3 Å². The van der Waals surface area contributed by atoms with E-state index in [1.807, 2.05) is 0 Å². The normalized spacial score (nSPS) is 39.2. The standard InChI is InChI=1S/C22H24O/c1-20(2)18-13-14-19(18)22(17-11-7-4-8-12-17)21(20,23-22)15-16-9-5-3-6-10-16/h3-12,18-19H,13-15H2,1-2H3/t18-,19-,21-,22+/m0/s1. The number of rotatable bonds is 3. The van der Waals surface area contributed by atoms with E-state index in [1.54, 1.807) is 0 Å². The summed E-state index contributed by atoms with van der Waals surface area (Å²) in [6.45, 7) is 4.90. The molecule has 0 aromatic heterocycles. The fourth-order valence-electron chi connectivity index (χ4n) is 5.85. The third-order valence-electron chi connectivity index (χ3n) is 7.16. The van der Waals surface area contributed by atoms with Gasteiger partial charge >= 0.3 is 0 Å². The van der Waals surface area contributed by atoms with Crippen LogP contribution in [-0.4, -0.2) is 5.60 Å². The minimum Gasteiger partial charge on any atom is -0.356 e. The van der Waals surface area contributed by atoms with Gasteiger partial charge < -0.3 is 4.74 Å². The van der Waals surface area contributed by atoms with Crippen LogP contribution in [0.4, 0.5) is 0 Å². The highest BCUT2D eigenvalue weighted by atomic mass is 16.6. The first kappa shape index (κ1) is 13.8. The maximum atomic E-state index is 6.77. The van der Waals surface area contributed by atoms with Crippen molar-refractivity contribution in [3.8, 4) is 0 Å². The van der Waals surface area contributed by atoms with E-state index in [2.05, 4.69) is 74.5 Å². The lowest BCUT2D eigenvalue weighted by atomic mass is 9.63. The molecular weight excluding hydrogens is 280 g/mol. The summed E-state index contributed by atoms with van der Waals surface area (Å²) in [7, 11) is 0. The van der Waals surface area contributed by atoms with Crippen LogP contribution >= 0.6 is 0 Å². The van der Waals surface area contributed by atoms with Gasteiger partial charge in [0.25, 0.3) is 0 Å². The number of hydrogen-bond acceptors (Lipinski definition) is 1. The van der Waals surface area contributed by atoms with E-state index in [0.717, 1.165) is 12.3 Å². The first-order valence-electron chi connectivity index (χ1n) is 8.91. The fourth-order valence-corrected chi connectivity index (χ4v) is 5.85. The molecule has 23 heavy (non-hydrogen) atoms. The van der Waals surface area contributed by atoms with Crippen LogP contribution in [-0.2, 0) is 16.8 Å². The van der Waals surface area contributed by atoms with Crippen LogP contribution in [0.5, 0.6) is 0 Å². The van der Waals surface area contributed by atoms with Gasteiger partial charge in [0, 0.05) is 11.8 Å². The summed E-state index contributed by atoms with van der Waals surface area (Å²) >= 11 is 0. The van der Waals surface area contributed by atoms with E-state index in [9.17, 15) is 0 Å². The molecule has 1 heteroatoms. The van der Waals surface area contributed by atoms with Gasteiger partial charge in [-0.3, -0.25) is 0 Å². The Morgan fingerprint density at radius 1 is 0.870 bits per heavy atom. The van der Waals surface area contributed by atoms with Crippen LogP contribution in [0.1, 0.15) is 37.8 Å². The third-order valence-corrected chi connectivity index (χ3v) is 7.16. The molecule has 2 saturated carbocycles. The molecule has 1 aliphatic heterocycles. The molecule has 0 unspecified atom stereocenters. The second kappa shape index (κ2) is 4.27. The highest BCUT2D eigenvalue weighted by molar-refractivity contribution is 5.45. The molecule has 3 aliphatic rings. The zero-order valence-electron chi connectivity index (χ0n) is 14.0. The predicted octanol–water partition coefficient (Wildman–Crippen LogP) is 4.96. The number of fused-ring (bicyclic) bond motifs is 3. The molecule has 0 spiro atoms. The highest BCUT2D eigenvalue weighted by Gasteiger charge is 2.87. The Bertz CT molecular complexity index is 735. The molecule has 2 aromatic rings. The first-order valence-corrected chi connectivity index (χ1v) is 8.91. The lowest BCUT2D eigenvalue weighted by Crippen LogP contribution is -2.41. The van der Waals surface area contributed by atoms with Crippen molar-refractivity contribution in [2.45, 2.75) is 44.3 Å². The Kier molecular flexibility index (Phi) is 2.56. The zero-order chi connectivity index (χ0) is 15.7. The van der Waals surface area contributed by atoms with Crippen LogP contribution in [0.15, 0.2) is 60.7 Å². The lowest BCUT2D eigenvalue weighted by molar-refractivity contribution is -0.0376. The van der Waals surface area contributed by atoms with Crippen molar-refractivity contribution in [1.82, 2.24) is 0 Å². The summed E-state index contributed by atoms with van der Waals surface area (Å²) in [5.41, 5.74) is 2.96. The quantitative estimate of drug-likeness (QED) is 0.730. The van der Waals surface area contributed by atoms with E-state index < -0.39 is 0 Å². The molecule has 3 fully saturated rings. The molecule has 1 saturated heterocycles. The summed E-state index contributed by atoms with van der Waals surface area (Å²) < 4.78 is 6.77. The summed E-state index contributed by atoms with van der Waals surface area (Å²) in [4.78, 5) is 0. The zero-order valence-corrected chi connectivity index (χ0v) is 14.0. The summed E-state index contributed by atoms with van der Waals surface area (Å²) in [6, 6.07) is 21.9. The Morgan fingerprint density at radius 2 is 1.48 bits per heavy atom. The average molecular weight is 304 g/mol. The first-order chi connectivity index (χ1) is 11.1. The van der Waals surface area contributed by atoms with Crippen LogP contribution in [0.3, 0.4) is 0 Å². The van der Waals surface area contributed by atoms with E-state index >= 15 is 0 Å². The van der Waals surface area contributed by atoms with Gasteiger partial charge in [-0.05, 0) is 35.8 Å². The van der Waals surface area contributed by atoms with Crippen molar-refractivity contribution in [2.24, 2.45) is 17.3 Å². The van der Waals surface area contributed by atoms with Gasteiger partial charge in [0.05, 0.1) is 0 Å². The minimum atomic E-state index is -0.0451. The average Bonchev–Trinajstić information content (AvgIpc) is 3.16. The maximum absolute atomic E-state index is 6.77. The molecule has 118 valence electrons. The van der Waals surface area contributed by atoms with Gasteiger partial charge in [-0.1, -0.05) is 74.5 Å². The molecule has 0 radical (unpaired) electrons. The van der Waals surface area contributed by atoms with E-state index in [-0.39, 0.29) is 16.6 Å². The van der Waals surface area contributed by atoms with Gasteiger partial charge in [-0.15, -0.1) is 0 Å². The van der Waals surface area contributed by atoms with E-state index in [1.165, 1.54) is 24.0 Å². The molecule has 2 aliphatic carbocycles. The van der Waals surface area contributed by atoms with Crippen molar-refractivity contribution in [1.29, 1.82) is 0 Å². The largest absolute Gasteiger partial charge is 0.356 e. The smallest absolute Gasteiger partial charge is 0.127 e. The molecule has 0 bridgehead atoms. The summed E-state index contributed by atoms with van der Waals surface area (Å²) in [5.74, 6) is 1.50. The Hall–Kier alpha value is -1.60. The number of epoxide rings is 1. The molecule has 0 amide bonds. The van der Waals surface area contributed by atoms with Crippen LogP contribution in [0.25, 0.3) is 0 Å². The van der Waals surface area contributed by atoms with Crippen molar-refractivity contribution in [2.75, 3.05) is 0 Å². The van der Waals surface area contributed by atoms with Crippen LogP contribution in [0.2, 0.25) is 0 Å². The van der Waals surface area contributed by atoms with Gasteiger partial charge in [0.15, 0.2) is 0 Å². The molecule has 2 aromatic carbocycles. The van der Waals surface area contributed by atoms with E-state index in [0.29, 0.717) is 5.92 Å². The molecule has 0 N–H and O–H groups in total. The van der Waals surface area contributed by atoms with E-state index in [4.69, 9.17) is 4.74 Å². The van der Waals surface area contributed by atoms with Crippen LogP contribution < -0.4 is 0 Å². The fraction of sp³-hybridized carbons (Fsp3) is 0.455. The number of ether oxygens (including phenoxy) is 1. The molecular formula is C22H24O. The van der Waals surface area contributed by atoms with Gasteiger partial charge in [0.2, 0.25) is 0 Å². The SMILES string of the molecule is CC1(C)[C@H]2CC[C@@H]2[C@@]2(c3ccccc3)O[C@@]12Cc1ccccc1. The third kappa shape index (κ3) is 1.48. The highest BCUT2D eigenvalue weighted by Crippen LogP contribution is 2.82. The van der Waals surface area contributed by atoms with Gasteiger partial charge in [-0.2, -0.15) is 0 Å². The maximum Gasteiger partial charge on any atom is 0.127 e. The second-order valence-corrected chi connectivity index (χ2v) is 8.21. The number of hydrogen-bond donors (Lipinski definition) is 0. The topological polar surface area (TPSA) is 12.5 Å². The van der Waals surface area contributed by atoms with Crippen molar-refractivity contribution >= 4 is 0 Å². The molecule has 1 nitrogen and oxygen atoms in total. The number of benzene rings is 2.